The van der Waals surface area contributed by atoms with Gasteiger partial charge in [-0.1, -0.05) is 30.3 Å². The molecular weight excluding hydrogens is 194 g/mol. The molecule has 0 aliphatic heterocycles. The highest BCUT2D eigenvalue weighted by Gasteiger charge is 2.07. The molecule has 1 rings (SSSR count). The number of aryl methyl sites for hydroxylation is 1. The predicted octanol–water partition coefficient (Wildman–Crippen LogP) is 1.79. The largest absolute Gasteiger partial charge is 0.321 e. The Morgan fingerprint density at radius 3 is 2.57 bits per heavy atom. The second kappa shape index (κ2) is 5.83. The minimum atomic E-state index is -0.415. The summed E-state index contributed by atoms with van der Waals surface area (Å²) in [6, 6.07) is 9.76. The molecule has 1 atom stereocenters. The van der Waals surface area contributed by atoms with E-state index in [2.05, 4.69) is 24.8 Å². The quantitative estimate of drug-likeness (QED) is 0.726. The van der Waals surface area contributed by atoms with Gasteiger partial charge in [0.15, 0.2) is 0 Å². The third-order valence-corrected chi connectivity index (χ3v) is 2.47. The van der Waals surface area contributed by atoms with Crippen LogP contribution in [0.3, 0.4) is 0 Å². The molecule has 1 aromatic rings. The zero-order valence-electron chi connectivity index (χ0n) is 8.02. The standard InChI is InChI=1S/C11H15NOS/c12-10(11(13)14)8-4-7-9-5-2-1-3-6-9/h1-3,5-6,10H,4,7-8,12H2,(H,13,14)/t10-/m0/s1. The van der Waals surface area contributed by atoms with Gasteiger partial charge in [0.05, 0.1) is 6.04 Å². The van der Waals surface area contributed by atoms with Crippen molar-refractivity contribution in [2.75, 3.05) is 0 Å². The van der Waals surface area contributed by atoms with E-state index >= 15 is 0 Å². The van der Waals surface area contributed by atoms with Crippen molar-refractivity contribution in [3.63, 3.8) is 0 Å². The van der Waals surface area contributed by atoms with Gasteiger partial charge < -0.3 is 5.73 Å². The number of thiol groups is 1. The molecule has 0 spiro atoms. The Morgan fingerprint density at radius 1 is 1.36 bits per heavy atom. The molecule has 0 aliphatic rings. The topological polar surface area (TPSA) is 43.1 Å². The number of nitrogens with two attached hydrogens (primary N) is 1. The molecule has 2 nitrogen and oxygen atoms in total. The maximum Gasteiger partial charge on any atom is 0.202 e. The highest BCUT2D eigenvalue weighted by molar-refractivity contribution is 7.96. The second-order valence-electron chi connectivity index (χ2n) is 3.32. The van der Waals surface area contributed by atoms with Crippen molar-refractivity contribution in [2.24, 2.45) is 5.73 Å². The van der Waals surface area contributed by atoms with Crippen molar-refractivity contribution >= 4 is 17.7 Å². The Hall–Kier alpha value is -0.800. The summed E-state index contributed by atoms with van der Waals surface area (Å²) in [6.45, 7) is 0. The fourth-order valence-electron chi connectivity index (χ4n) is 1.29. The number of carbonyl (C=O) groups excluding carboxylic acids is 1. The van der Waals surface area contributed by atoms with Gasteiger partial charge in [0, 0.05) is 0 Å². The van der Waals surface area contributed by atoms with Gasteiger partial charge in [0.2, 0.25) is 5.12 Å². The molecule has 0 aromatic heterocycles. The van der Waals surface area contributed by atoms with Crippen molar-refractivity contribution in [3.8, 4) is 0 Å². The Kier molecular flexibility index (Phi) is 4.70. The maximum atomic E-state index is 10.7. The molecule has 0 saturated carbocycles. The van der Waals surface area contributed by atoms with Gasteiger partial charge in [0.25, 0.3) is 0 Å². The number of hydrogen-bond acceptors (Lipinski definition) is 2. The van der Waals surface area contributed by atoms with Crippen LogP contribution >= 0.6 is 12.6 Å². The second-order valence-corrected chi connectivity index (χ2v) is 3.76. The SMILES string of the molecule is N[C@@H](CCCc1ccccc1)C(=O)S. The first-order chi connectivity index (χ1) is 6.70. The summed E-state index contributed by atoms with van der Waals surface area (Å²) < 4.78 is 0. The average molecular weight is 209 g/mol. The first-order valence-electron chi connectivity index (χ1n) is 4.72. The summed E-state index contributed by atoms with van der Waals surface area (Å²) in [4.78, 5) is 10.7. The van der Waals surface area contributed by atoms with E-state index in [1.54, 1.807) is 0 Å². The summed E-state index contributed by atoms with van der Waals surface area (Å²) in [5.74, 6) is 0. The van der Waals surface area contributed by atoms with Gasteiger partial charge in [-0.05, 0) is 24.8 Å². The molecule has 0 fully saturated rings. The van der Waals surface area contributed by atoms with E-state index in [9.17, 15) is 4.79 Å². The highest BCUT2D eigenvalue weighted by atomic mass is 32.1. The van der Waals surface area contributed by atoms with Gasteiger partial charge in [0.1, 0.15) is 0 Å². The van der Waals surface area contributed by atoms with Crippen molar-refractivity contribution in [1.82, 2.24) is 0 Å². The third-order valence-electron chi connectivity index (χ3n) is 2.14. The average Bonchev–Trinajstić information content (AvgIpc) is 2.19. The van der Waals surface area contributed by atoms with E-state index in [1.165, 1.54) is 5.56 Å². The zero-order valence-corrected chi connectivity index (χ0v) is 8.91. The van der Waals surface area contributed by atoms with E-state index in [0.717, 1.165) is 12.8 Å². The predicted molar refractivity (Wildman–Crippen MR) is 61.3 cm³/mol. The van der Waals surface area contributed by atoms with E-state index in [0.29, 0.717) is 6.42 Å². The van der Waals surface area contributed by atoms with Crippen LogP contribution in [-0.4, -0.2) is 11.2 Å². The summed E-state index contributed by atoms with van der Waals surface area (Å²) in [5.41, 5.74) is 6.84. The van der Waals surface area contributed by atoms with Crippen LogP contribution in [0.25, 0.3) is 0 Å². The molecule has 76 valence electrons. The van der Waals surface area contributed by atoms with Crippen molar-refractivity contribution < 1.29 is 4.79 Å². The molecule has 1 aromatic carbocycles. The van der Waals surface area contributed by atoms with Gasteiger partial charge in [-0.15, -0.1) is 12.6 Å². The van der Waals surface area contributed by atoms with Crippen LogP contribution in [0.15, 0.2) is 30.3 Å². The van der Waals surface area contributed by atoms with E-state index in [1.807, 2.05) is 18.2 Å². The normalized spacial score (nSPS) is 12.4. The lowest BCUT2D eigenvalue weighted by atomic mass is 10.1. The van der Waals surface area contributed by atoms with Crippen LogP contribution in [0.4, 0.5) is 0 Å². The van der Waals surface area contributed by atoms with Crippen LogP contribution in [0, 0.1) is 0 Å². The summed E-state index contributed by atoms with van der Waals surface area (Å²) in [6.07, 6.45) is 2.60. The monoisotopic (exact) mass is 209 g/mol. The van der Waals surface area contributed by atoms with E-state index in [4.69, 9.17) is 5.73 Å². The van der Waals surface area contributed by atoms with Gasteiger partial charge >= 0.3 is 0 Å². The fourth-order valence-corrected chi connectivity index (χ4v) is 1.42. The maximum absolute atomic E-state index is 10.7. The minimum Gasteiger partial charge on any atom is -0.321 e. The molecule has 0 heterocycles. The van der Waals surface area contributed by atoms with Crippen LogP contribution in [0.2, 0.25) is 0 Å². The van der Waals surface area contributed by atoms with Crippen LogP contribution in [-0.2, 0) is 11.2 Å². The molecule has 0 saturated heterocycles. The van der Waals surface area contributed by atoms with Crippen LogP contribution in [0.1, 0.15) is 18.4 Å². The highest BCUT2D eigenvalue weighted by Crippen LogP contribution is 2.06. The Bertz CT molecular complexity index is 287. The number of benzene rings is 1. The molecule has 3 heteroatoms. The lowest BCUT2D eigenvalue weighted by Gasteiger charge is -2.06. The summed E-state index contributed by atoms with van der Waals surface area (Å²) in [7, 11) is 0. The fraction of sp³-hybridized carbons (Fsp3) is 0.364. The number of rotatable bonds is 5. The minimum absolute atomic E-state index is 0.224. The lowest BCUT2D eigenvalue weighted by molar-refractivity contribution is -0.112. The van der Waals surface area contributed by atoms with Crippen molar-refractivity contribution in [3.05, 3.63) is 35.9 Å². The Balaban J connectivity index is 2.26. The van der Waals surface area contributed by atoms with Crippen molar-refractivity contribution in [1.29, 1.82) is 0 Å². The molecule has 0 aliphatic carbocycles. The molecular formula is C11H15NOS. The Labute approximate surface area is 89.9 Å². The van der Waals surface area contributed by atoms with Crippen molar-refractivity contribution in [2.45, 2.75) is 25.3 Å². The summed E-state index contributed by atoms with van der Waals surface area (Å²) in [5, 5.41) is -0.224. The Morgan fingerprint density at radius 2 is 2.00 bits per heavy atom. The first kappa shape index (κ1) is 11.3. The molecule has 2 N–H and O–H groups in total. The molecule has 0 amide bonds. The van der Waals surface area contributed by atoms with Gasteiger partial charge in [-0.2, -0.15) is 0 Å². The number of hydrogen-bond donors (Lipinski definition) is 2. The molecule has 0 radical (unpaired) electrons. The summed E-state index contributed by atoms with van der Waals surface area (Å²) >= 11 is 3.69. The van der Waals surface area contributed by atoms with E-state index in [-0.39, 0.29) is 5.12 Å². The molecule has 0 unspecified atom stereocenters. The van der Waals surface area contributed by atoms with Crippen LogP contribution in [0.5, 0.6) is 0 Å². The molecule has 14 heavy (non-hydrogen) atoms. The zero-order chi connectivity index (χ0) is 10.4. The smallest absolute Gasteiger partial charge is 0.202 e. The van der Waals surface area contributed by atoms with Gasteiger partial charge in [-0.3, -0.25) is 4.79 Å². The third kappa shape index (κ3) is 3.94. The van der Waals surface area contributed by atoms with Gasteiger partial charge in [-0.25, -0.2) is 0 Å². The lowest BCUT2D eigenvalue weighted by Crippen LogP contribution is -2.26. The van der Waals surface area contributed by atoms with E-state index < -0.39 is 6.04 Å². The first-order valence-corrected chi connectivity index (χ1v) is 5.17. The number of carbonyl (C=O) groups is 1. The molecule has 0 bridgehead atoms. The van der Waals surface area contributed by atoms with Crippen LogP contribution < -0.4 is 5.73 Å².